The van der Waals surface area contributed by atoms with Crippen LogP contribution in [0, 0.1) is 17.3 Å². The summed E-state index contributed by atoms with van der Waals surface area (Å²) in [5.74, 6) is 1.77. The number of piperidine rings is 2. The van der Waals surface area contributed by atoms with Crippen LogP contribution < -0.4 is 5.32 Å². The van der Waals surface area contributed by atoms with Crippen molar-refractivity contribution in [1.29, 1.82) is 0 Å². The maximum atomic E-state index is 12.1. The van der Waals surface area contributed by atoms with Crippen molar-refractivity contribution in [1.82, 2.24) is 10.2 Å². The molecule has 120 valence electrons. The van der Waals surface area contributed by atoms with Crippen molar-refractivity contribution < 1.29 is 9.53 Å². The third kappa shape index (κ3) is 3.36. The largest absolute Gasteiger partial charge is 0.444 e. The van der Waals surface area contributed by atoms with E-state index in [0.717, 1.165) is 24.9 Å². The Hall–Kier alpha value is -0.770. The van der Waals surface area contributed by atoms with Gasteiger partial charge < -0.3 is 15.0 Å². The molecule has 1 N–H and O–H groups in total. The Morgan fingerprint density at radius 3 is 2.38 bits per heavy atom. The lowest BCUT2D eigenvalue weighted by molar-refractivity contribution is 0.0169. The topological polar surface area (TPSA) is 41.6 Å². The second-order valence-corrected chi connectivity index (χ2v) is 8.23. The summed E-state index contributed by atoms with van der Waals surface area (Å²) < 4.78 is 5.48. The Balaban J connectivity index is 1.47. The summed E-state index contributed by atoms with van der Waals surface area (Å²) in [5, 5.41) is 3.48. The van der Waals surface area contributed by atoms with Crippen molar-refractivity contribution in [2.45, 2.75) is 58.5 Å². The quantitative estimate of drug-likeness (QED) is 0.808. The van der Waals surface area contributed by atoms with E-state index in [-0.39, 0.29) is 11.7 Å². The first-order chi connectivity index (χ1) is 9.90. The van der Waals surface area contributed by atoms with Gasteiger partial charge in [-0.05, 0) is 83.2 Å². The summed E-state index contributed by atoms with van der Waals surface area (Å²) in [6, 6.07) is 0. The number of ether oxygens (including phenoxy) is 1. The van der Waals surface area contributed by atoms with Gasteiger partial charge in [0.15, 0.2) is 0 Å². The molecule has 1 atom stereocenters. The number of rotatable bonds is 1. The summed E-state index contributed by atoms with van der Waals surface area (Å²) in [4.78, 5) is 14.0. The fourth-order valence-corrected chi connectivity index (χ4v) is 4.36. The monoisotopic (exact) mass is 294 g/mol. The number of likely N-dealkylation sites (tertiary alicyclic amines) is 1. The molecule has 3 rings (SSSR count). The molecule has 2 aliphatic heterocycles. The molecule has 1 aliphatic carbocycles. The number of hydrogen-bond donors (Lipinski definition) is 1. The third-order valence-corrected chi connectivity index (χ3v) is 5.61. The van der Waals surface area contributed by atoms with Crippen molar-refractivity contribution in [3.05, 3.63) is 0 Å². The second kappa shape index (κ2) is 5.45. The van der Waals surface area contributed by atoms with E-state index in [0.29, 0.717) is 5.41 Å². The first-order valence-corrected chi connectivity index (χ1v) is 8.58. The summed E-state index contributed by atoms with van der Waals surface area (Å²) in [7, 11) is 0. The average Bonchev–Trinajstić information content (AvgIpc) is 3.11. The molecule has 1 unspecified atom stereocenters. The van der Waals surface area contributed by atoms with Gasteiger partial charge in [-0.1, -0.05) is 0 Å². The highest BCUT2D eigenvalue weighted by Gasteiger charge is 2.56. The highest BCUT2D eigenvalue weighted by atomic mass is 16.6. The van der Waals surface area contributed by atoms with Crippen LogP contribution in [0.2, 0.25) is 0 Å². The van der Waals surface area contributed by atoms with Crippen molar-refractivity contribution in [3.8, 4) is 0 Å². The number of amides is 1. The van der Waals surface area contributed by atoms with Crippen LogP contribution in [0.4, 0.5) is 4.79 Å². The fraction of sp³-hybridized carbons (Fsp3) is 0.941. The summed E-state index contributed by atoms with van der Waals surface area (Å²) in [6.45, 7) is 9.96. The molecule has 0 aromatic rings. The minimum atomic E-state index is -0.385. The molecular weight excluding hydrogens is 264 g/mol. The predicted octanol–water partition coefficient (Wildman–Crippen LogP) is 3.02. The molecular formula is C17H30N2O2. The standard InChI is InChI=1S/C17H30N2O2/c1-16(2,3)21-15(20)19-10-4-13(5-11-19)14-12-17(14)6-8-18-9-7-17/h13-14,18H,4-12H2,1-3H3. The number of nitrogens with one attached hydrogen (secondary N) is 1. The molecule has 3 aliphatic rings. The van der Waals surface area contributed by atoms with Crippen molar-refractivity contribution >= 4 is 6.09 Å². The van der Waals surface area contributed by atoms with Crippen LogP contribution in [0.1, 0.15) is 52.9 Å². The van der Waals surface area contributed by atoms with Crippen LogP contribution in [-0.4, -0.2) is 42.8 Å². The Morgan fingerprint density at radius 2 is 1.81 bits per heavy atom. The smallest absolute Gasteiger partial charge is 0.410 e. The first-order valence-electron chi connectivity index (χ1n) is 8.58. The van der Waals surface area contributed by atoms with Crippen LogP contribution >= 0.6 is 0 Å². The zero-order valence-electron chi connectivity index (χ0n) is 13.8. The normalized spacial score (nSPS) is 29.5. The van der Waals surface area contributed by atoms with Gasteiger partial charge in [-0.25, -0.2) is 4.79 Å². The Labute approximate surface area is 128 Å². The number of carbonyl (C=O) groups is 1. The van der Waals surface area contributed by atoms with E-state index in [1.54, 1.807) is 0 Å². The average molecular weight is 294 g/mol. The maximum Gasteiger partial charge on any atom is 0.410 e. The first kappa shape index (κ1) is 15.1. The predicted molar refractivity (Wildman–Crippen MR) is 83.2 cm³/mol. The lowest BCUT2D eigenvalue weighted by Gasteiger charge is -2.35. The van der Waals surface area contributed by atoms with Gasteiger partial charge in [0.25, 0.3) is 0 Å². The van der Waals surface area contributed by atoms with Crippen molar-refractivity contribution in [2.75, 3.05) is 26.2 Å². The van der Waals surface area contributed by atoms with E-state index in [9.17, 15) is 4.79 Å². The fourth-order valence-electron chi connectivity index (χ4n) is 4.36. The van der Waals surface area contributed by atoms with Gasteiger partial charge in [0.2, 0.25) is 0 Å². The van der Waals surface area contributed by atoms with Crippen LogP contribution in [0.5, 0.6) is 0 Å². The zero-order chi connectivity index (χ0) is 15.1. The van der Waals surface area contributed by atoms with Crippen LogP contribution in [-0.2, 0) is 4.74 Å². The Morgan fingerprint density at radius 1 is 1.19 bits per heavy atom. The zero-order valence-corrected chi connectivity index (χ0v) is 13.8. The van der Waals surface area contributed by atoms with Crippen molar-refractivity contribution in [2.24, 2.45) is 17.3 Å². The van der Waals surface area contributed by atoms with Gasteiger partial charge in [0.05, 0.1) is 0 Å². The minimum Gasteiger partial charge on any atom is -0.444 e. The van der Waals surface area contributed by atoms with Crippen LogP contribution in [0.25, 0.3) is 0 Å². The van der Waals surface area contributed by atoms with E-state index >= 15 is 0 Å². The van der Waals surface area contributed by atoms with E-state index in [2.05, 4.69) is 5.32 Å². The lowest BCUT2D eigenvalue weighted by atomic mass is 9.83. The highest BCUT2D eigenvalue weighted by Crippen LogP contribution is 2.63. The molecule has 21 heavy (non-hydrogen) atoms. The molecule has 1 amide bonds. The van der Waals surface area contributed by atoms with E-state index in [4.69, 9.17) is 4.74 Å². The highest BCUT2D eigenvalue weighted by molar-refractivity contribution is 5.68. The van der Waals surface area contributed by atoms with Gasteiger partial charge >= 0.3 is 6.09 Å². The van der Waals surface area contributed by atoms with Gasteiger partial charge in [0, 0.05) is 13.1 Å². The molecule has 0 radical (unpaired) electrons. The van der Waals surface area contributed by atoms with Gasteiger partial charge in [0.1, 0.15) is 5.60 Å². The second-order valence-electron chi connectivity index (χ2n) is 8.23. The molecule has 4 heteroatoms. The number of nitrogens with zero attached hydrogens (tertiary/aromatic N) is 1. The molecule has 0 aromatic carbocycles. The molecule has 4 nitrogen and oxygen atoms in total. The summed E-state index contributed by atoms with van der Waals surface area (Å²) in [6.07, 6.45) is 6.37. The number of hydrogen-bond acceptors (Lipinski definition) is 3. The molecule has 3 fully saturated rings. The van der Waals surface area contributed by atoms with Gasteiger partial charge in [-0.15, -0.1) is 0 Å². The third-order valence-electron chi connectivity index (χ3n) is 5.61. The summed E-state index contributed by atoms with van der Waals surface area (Å²) >= 11 is 0. The van der Waals surface area contributed by atoms with E-state index in [1.165, 1.54) is 45.2 Å². The SMILES string of the molecule is CC(C)(C)OC(=O)N1CCC(C2CC23CCNCC3)CC1. The Kier molecular flexibility index (Phi) is 3.93. The molecule has 2 heterocycles. The van der Waals surface area contributed by atoms with Crippen LogP contribution in [0.15, 0.2) is 0 Å². The minimum absolute atomic E-state index is 0.131. The van der Waals surface area contributed by atoms with E-state index in [1.807, 2.05) is 25.7 Å². The molecule has 1 spiro atoms. The van der Waals surface area contributed by atoms with Gasteiger partial charge in [-0.3, -0.25) is 0 Å². The number of carbonyl (C=O) groups excluding carboxylic acids is 1. The van der Waals surface area contributed by atoms with Gasteiger partial charge in [-0.2, -0.15) is 0 Å². The lowest BCUT2D eigenvalue weighted by Crippen LogP contribution is -2.42. The Bertz CT molecular complexity index is 388. The van der Waals surface area contributed by atoms with Crippen LogP contribution in [0.3, 0.4) is 0 Å². The van der Waals surface area contributed by atoms with Crippen molar-refractivity contribution in [3.63, 3.8) is 0 Å². The van der Waals surface area contributed by atoms with E-state index < -0.39 is 0 Å². The summed E-state index contributed by atoms with van der Waals surface area (Å²) in [5.41, 5.74) is 0.285. The molecule has 1 saturated carbocycles. The maximum absolute atomic E-state index is 12.1. The molecule has 0 aromatic heterocycles. The molecule has 0 bridgehead atoms. The molecule has 2 saturated heterocycles.